The summed E-state index contributed by atoms with van der Waals surface area (Å²) in [5.74, 6) is -0.562. The number of thiazole rings is 1. The number of carbonyl (C=O) groups excluding carboxylic acids is 1. The molecule has 0 aliphatic carbocycles. The average molecular weight is 457 g/mol. The Labute approximate surface area is 182 Å². The molecule has 0 unspecified atom stereocenters. The van der Waals surface area contributed by atoms with Gasteiger partial charge in [-0.05, 0) is 30.3 Å². The predicted octanol–water partition coefficient (Wildman–Crippen LogP) is 4.64. The van der Waals surface area contributed by atoms with Gasteiger partial charge in [-0.15, -0.1) is 21.5 Å². The third-order valence-electron chi connectivity index (χ3n) is 3.93. The van der Waals surface area contributed by atoms with E-state index in [1.165, 1.54) is 41.7 Å². The lowest BCUT2D eigenvalue weighted by molar-refractivity contribution is -0.384. The van der Waals surface area contributed by atoms with Crippen molar-refractivity contribution in [3.63, 3.8) is 0 Å². The molecule has 1 amide bonds. The van der Waals surface area contributed by atoms with Crippen LogP contribution in [0.15, 0.2) is 63.6 Å². The van der Waals surface area contributed by atoms with Crippen LogP contribution in [0.4, 0.5) is 15.2 Å². The van der Waals surface area contributed by atoms with Gasteiger partial charge in [0.2, 0.25) is 11.8 Å². The van der Waals surface area contributed by atoms with Gasteiger partial charge in [-0.3, -0.25) is 14.9 Å². The fraction of sp³-hybridized carbons (Fsp3) is 0.0526. The molecule has 2 aromatic carbocycles. The van der Waals surface area contributed by atoms with Gasteiger partial charge >= 0.3 is 0 Å². The van der Waals surface area contributed by atoms with Crippen LogP contribution < -0.4 is 5.32 Å². The van der Waals surface area contributed by atoms with Gasteiger partial charge in [0.1, 0.15) is 5.82 Å². The summed E-state index contributed by atoms with van der Waals surface area (Å²) in [5, 5.41) is 23.4. The normalized spacial score (nSPS) is 10.7. The maximum Gasteiger partial charge on any atom is 0.277 e. The van der Waals surface area contributed by atoms with Gasteiger partial charge in [-0.25, -0.2) is 9.37 Å². The van der Waals surface area contributed by atoms with Crippen molar-refractivity contribution >= 4 is 39.8 Å². The standard InChI is InChI=1S/C19H12FN5O4S2/c20-13-3-1-2-12(8-13)17-23-24-19(29-17)31-10-16(26)22-18-21-15(9-30-18)11-4-6-14(7-5-11)25(27)28/h1-9H,10H2,(H,21,22,26). The Hall–Kier alpha value is -3.64. The minimum atomic E-state index is -0.474. The maximum absolute atomic E-state index is 13.3. The number of hydrogen-bond donors (Lipinski definition) is 1. The van der Waals surface area contributed by atoms with Crippen LogP contribution in [-0.4, -0.2) is 31.8 Å². The summed E-state index contributed by atoms with van der Waals surface area (Å²) in [5.41, 5.74) is 1.74. The first-order valence-electron chi connectivity index (χ1n) is 8.70. The number of halogens is 1. The smallest absolute Gasteiger partial charge is 0.277 e. The van der Waals surface area contributed by atoms with Crippen molar-refractivity contribution in [2.75, 3.05) is 11.1 Å². The average Bonchev–Trinajstić information content (AvgIpc) is 3.42. The van der Waals surface area contributed by atoms with Crippen molar-refractivity contribution in [1.82, 2.24) is 15.2 Å². The van der Waals surface area contributed by atoms with Crippen LogP contribution in [0.5, 0.6) is 0 Å². The second-order valence-electron chi connectivity index (χ2n) is 6.06. The van der Waals surface area contributed by atoms with E-state index in [-0.39, 0.29) is 28.5 Å². The van der Waals surface area contributed by atoms with E-state index in [0.29, 0.717) is 22.0 Å². The molecule has 31 heavy (non-hydrogen) atoms. The van der Waals surface area contributed by atoms with E-state index in [2.05, 4.69) is 20.5 Å². The third-order valence-corrected chi connectivity index (χ3v) is 5.51. The summed E-state index contributed by atoms with van der Waals surface area (Å²) in [6.45, 7) is 0. The molecule has 0 radical (unpaired) electrons. The third kappa shape index (κ3) is 5.10. The highest BCUT2D eigenvalue weighted by Crippen LogP contribution is 2.27. The number of nitrogens with one attached hydrogen (secondary N) is 1. The van der Waals surface area contributed by atoms with Crippen LogP contribution in [0, 0.1) is 15.9 Å². The van der Waals surface area contributed by atoms with Crippen LogP contribution in [0.1, 0.15) is 0 Å². The number of thioether (sulfide) groups is 1. The van der Waals surface area contributed by atoms with Crippen molar-refractivity contribution in [1.29, 1.82) is 0 Å². The zero-order valence-corrected chi connectivity index (χ0v) is 17.2. The lowest BCUT2D eigenvalue weighted by atomic mass is 10.1. The Balaban J connectivity index is 1.33. The first-order chi connectivity index (χ1) is 15.0. The van der Waals surface area contributed by atoms with Crippen molar-refractivity contribution in [3.8, 4) is 22.7 Å². The number of benzene rings is 2. The number of nitrogens with zero attached hydrogens (tertiary/aromatic N) is 4. The van der Waals surface area contributed by atoms with Gasteiger partial charge in [0, 0.05) is 28.6 Å². The van der Waals surface area contributed by atoms with Crippen molar-refractivity contribution in [3.05, 3.63) is 69.8 Å². The fourth-order valence-corrected chi connectivity index (χ4v) is 3.81. The van der Waals surface area contributed by atoms with E-state index in [9.17, 15) is 19.3 Å². The van der Waals surface area contributed by atoms with Crippen LogP contribution in [0.2, 0.25) is 0 Å². The highest BCUT2D eigenvalue weighted by Gasteiger charge is 2.14. The zero-order valence-electron chi connectivity index (χ0n) is 15.5. The van der Waals surface area contributed by atoms with E-state index in [1.807, 2.05) is 0 Å². The lowest BCUT2D eigenvalue weighted by Gasteiger charge is -1.99. The molecule has 0 atom stereocenters. The van der Waals surface area contributed by atoms with Gasteiger partial charge in [-0.1, -0.05) is 17.8 Å². The first kappa shape index (κ1) is 20.6. The molecule has 4 aromatic rings. The molecule has 0 aliphatic heterocycles. The van der Waals surface area contributed by atoms with Gasteiger partial charge in [0.15, 0.2) is 5.13 Å². The van der Waals surface area contributed by atoms with Crippen LogP contribution in [0.25, 0.3) is 22.7 Å². The summed E-state index contributed by atoms with van der Waals surface area (Å²) in [4.78, 5) is 26.8. The number of non-ortho nitro benzene ring substituents is 1. The Bertz CT molecular complexity index is 1240. The summed E-state index contributed by atoms with van der Waals surface area (Å²) in [7, 11) is 0. The summed E-state index contributed by atoms with van der Waals surface area (Å²) in [6.07, 6.45) is 0. The number of hydrogen-bond acceptors (Lipinski definition) is 9. The first-order valence-corrected chi connectivity index (χ1v) is 10.6. The zero-order chi connectivity index (χ0) is 21.8. The molecule has 156 valence electrons. The van der Waals surface area contributed by atoms with E-state index in [0.717, 1.165) is 11.8 Å². The fourth-order valence-electron chi connectivity index (χ4n) is 2.51. The minimum Gasteiger partial charge on any atom is -0.411 e. The summed E-state index contributed by atoms with van der Waals surface area (Å²) >= 11 is 2.28. The van der Waals surface area contributed by atoms with Gasteiger partial charge in [0.25, 0.3) is 10.9 Å². The quantitative estimate of drug-likeness (QED) is 0.242. The number of carbonyl (C=O) groups is 1. The second-order valence-corrected chi connectivity index (χ2v) is 7.85. The van der Waals surface area contributed by atoms with E-state index in [4.69, 9.17) is 4.42 Å². The number of amides is 1. The van der Waals surface area contributed by atoms with Crippen LogP contribution in [-0.2, 0) is 4.79 Å². The molecule has 1 N–H and O–H groups in total. The second kappa shape index (κ2) is 9.02. The molecule has 12 heteroatoms. The van der Waals surface area contributed by atoms with Gasteiger partial charge in [0.05, 0.1) is 16.4 Å². The number of anilines is 1. The van der Waals surface area contributed by atoms with Crippen molar-refractivity contribution < 1.29 is 18.5 Å². The molecule has 0 bridgehead atoms. The number of rotatable bonds is 7. The molecular formula is C19H12FN5O4S2. The van der Waals surface area contributed by atoms with Crippen molar-refractivity contribution in [2.45, 2.75) is 5.22 Å². The monoisotopic (exact) mass is 457 g/mol. The lowest BCUT2D eigenvalue weighted by Crippen LogP contribution is -2.13. The number of nitro benzene ring substituents is 1. The molecule has 9 nitrogen and oxygen atoms in total. The number of nitro groups is 1. The minimum absolute atomic E-state index is 0.00823. The molecule has 2 aromatic heterocycles. The highest BCUT2D eigenvalue weighted by molar-refractivity contribution is 7.99. The van der Waals surface area contributed by atoms with Gasteiger partial charge < -0.3 is 9.73 Å². The number of aromatic nitrogens is 3. The molecular weight excluding hydrogens is 445 g/mol. The molecule has 0 saturated heterocycles. The summed E-state index contributed by atoms with van der Waals surface area (Å²) < 4.78 is 18.7. The Morgan fingerprint density at radius 1 is 1.19 bits per heavy atom. The molecule has 0 aliphatic rings. The molecule has 4 rings (SSSR count). The molecule has 0 spiro atoms. The molecule has 2 heterocycles. The van der Waals surface area contributed by atoms with E-state index >= 15 is 0 Å². The maximum atomic E-state index is 13.3. The molecule has 0 fully saturated rings. The van der Waals surface area contributed by atoms with E-state index < -0.39 is 10.7 Å². The predicted molar refractivity (Wildman–Crippen MR) is 113 cm³/mol. The SMILES string of the molecule is O=C(CSc1nnc(-c2cccc(F)c2)o1)Nc1nc(-c2ccc([N+](=O)[O-])cc2)cs1. The highest BCUT2D eigenvalue weighted by atomic mass is 32.2. The Morgan fingerprint density at radius 2 is 2.00 bits per heavy atom. The van der Waals surface area contributed by atoms with Gasteiger partial charge in [-0.2, -0.15) is 0 Å². The molecule has 0 saturated carbocycles. The largest absolute Gasteiger partial charge is 0.411 e. The Kier molecular flexibility index (Phi) is 6.00. The topological polar surface area (TPSA) is 124 Å². The van der Waals surface area contributed by atoms with Crippen LogP contribution in [0.3, 0.4) is 0 Å². The summed E-state index contributed by atoms with van der Waals surface area (Å²) in [6, 6.07) is 11.8. The van der Waals surface area contributed by atoms with Crippen LogP contribution >= 0.6 is 23.1 Å². The van der Waals surface area contributed by atoms with E-state index in [1.54, 1.807) is 23.6 Å². The van der Waals surface area contributed by atoms with Crippen molar-refractivity contribution in [2.24, 2.45) is 0 Å². The Morgan fingerprint density at radius 3 is 2.74 bits per heavy atom.